The van der Waals surface area contributed by atoms with Crippen molar-refractivity contribution in [3.8, 4) is 0 Å². The third-order valence-electron chi connectivity index (χ3n) is 6.04. The van der Waals surface area contributed by atoms with Crippen molar-refractivity contribution >= 4 is 28.4 Å². The Hall–Kier alpha value is -1.89. The molecule has 7 heteroatoms. The summed E-state index contributed by atoms with van der Waals surface area (Å²) in [5.41, 5.74) is 0.160. The van der Waals surface area contributed by atoms with E-state index in [9.17, 15) is 14.7 Å². The van der Waals surface area contributed by atoms with E-state index in [4.69, 9.17) is 11.6 Å². The lowest BCUT2D eigenvalue weighted by atomic mass is 9.71. The van der Waals surface area contributed by atoms with Gasteiger partial charge in [-0.25, -0.2) is 0 Å². The number of carbonyl (C=O) groups is 1. The minimum atomic E-state index is -0.415. The van der Waals surface area contributed by atoms with Gasteiger partial charge in [-0.2, -0.15) is 0 Å². The lowest BCUT2D eigenvalue weighted by molar-refractivity contribution is -0.0731. The number of nitrogens with one attached hydrogen (secondary N) is 1. The number of hydrogen-bond donors (Lipinski definition) is 2. The van der Waals surface area contributed by atoms with Crippen LogP contribution in [0, 0.1) is 5.41 Å². The molecule has 0 saturated carbocycles. The fraction of sp³-hybridized carbons (Fsp3) is 0.500. The van der Waals surface area contributed by atoms with Gasteiger partial charge in [-0.15, -0.1) is 0 Å². The number of aliphatic hydroxyl groups excluding tert-OH is 1. The minimum absolute atomic E-state index is 0.139. The number of likely N-dealkylation sites (tertiary alicyclic amines) is 2. The second kappa shape index (κ2) is 6.93. The third kappa shape index (κ3) is 3.26. The van der Waals surface area contributed by atoms with Crippen molar-refractivity contribution in [2.75, 3.05) is 33.2 Å². The highest BCUT2D eigenvalue weighted by Crippen LogP contribution is 2.38. The van der Waals surface area contributed by atoms with Gasteiger partial charge in [-0.1, -0.05) is 11.6 Å². The van der Waals surface area contributed by atoms with Gasteiger partial charge in [0, 0.05) is 48.2 Å². The maximum Gasteiger partial charge on any atom is 0.259 e. The van der Waals surface area contributed by atoms with E-state index in [0.29, 0.717) is 29.0 Å². The second-order valence-electron chi connectivity index (χ2n) is 7.96. The molecule has 27 heavy (non-hydrogen) atoms. The molecule has 0 radical (unpaired) electrons. The zero-order valence-corrected chi connectivity index (χ0v) is 16.1. The normalized spacial score (nSPS) is 26.6. The van der Waals surface area contributed by atoms with Crippen LogP contribution in [0.5, 0.6) is 0 Å². The maximum atomic E-state index is 13.1. The number of rotatable bonds is 1. The molecule has 2 atom stereocenters. The van der Waals surface area contributed by atoms with E-state index in [0.717, 1.165) is 32.4 Å². The largest absolute Gasteiger partial charge is 0.392 e. The van der Waals surface area contributed by atoms with Crippen LogP contribution in [0.2, 0.25) is 5.02 Å². The Morgan fingerprint density at radius 3 is 2.96 bits per heavy atom. The number of piperidine rings is 2. The number of aliphatic hydroxyl groups is 1. The van der Waals surface area contributed by atoms with Gasteiger partial charge < -0.3 is 19.9 Å². The Balaban J connectivity index is 1.65. The Morgan fingerprint density at radius 2 is 2.15 bits per heavy atom. The Labute approximate surface area is 162 Å². The summed E-state index contributed by atoms with van der Waals surface area (Å²) in [4.78, 5) is 32.9. The molecule has 2 saturated heterocycles. The highest BCUT2D eigenvalue weighted by atomic mass is 35.5. The quantitative estimate of drug-likeness (QED) is 0.783. The molecule has 2 aliphatic heterocycles. The first-order chi connectivity index (χ1) is 12.9. The number of nitrogens with zero attached hydrogens (tertiary/aromatic N) is 2. The summed E-state index contributed by atoms with van der Waals surface area (Å²) in [6, 6.07) is 4.97. The summed E-state index contributed by atoms with van der Waals surface area (Å²) in [6.45, 7) is 2.72. The van der Waals surface area contributed by atoms with Crippen LogP contribution < -0.4 is 5.43 Å². The average Bonchev–Trinajstić information content (AvgIpc) is 2.65. The van der Waals surface area contributed by atoms with Crippen LogP contribution in [0.1, 0.15) is 29.6 Å². The van der Waals surface area contributed by atoms with Crippen LogP contribution in [-0.4, -0.2) is 65.1 Å². The first-order valence-electron chi connectivity index (χ1n) is 9.36. The lowest BCUT2D eigenvalue weighted by Crippen LogP contribution is -2.59. The molecular formula is C20H24ClN3O3. The summed E-state index contributed by atoms with van der Waals surface area (Å²) in [5, 5.41) is 11.6. The van der Waals surface area contributed by atoms with Crippen molar-refractivity contribution in [2.24, 2.45) is 5.41 Å². The summed E-state index contributed by atoms with van der Waals surface area (Å²) in [7, 11) is 2.05. The number of pyridine rings is 1. The van der Waals surface area contributed by atoms with Gasteiger partial charge >= 0.3 is 0 Å². The van der Waals surface area contributed by atoms with Crippen molar-refractivity contribution in [2.45, 2.75) is 25.4 Å². The molecule has 1 spiro atoms. The standard InChI is InChI=1S/C20H24ClN3O3/c1-23-8-5-17(25)20(11-23)6-2-7-24(12-20)19(27)15-10-22-16-9-13(21)3-4-14(16)18(15)26/h3-4,9-10,17,25H,2,5-8,11-12H2,1H3,(H,22,26)/t17-,20-/m0/s1. The van der Waals surface area contributed by atoms with Crippen LogP contribution in [0.3, 0.4) is 0 Å². The number of halogens is 1. The number of amides is 1. The fourth-order valence-corrected chi connectivity index (χ4v) is 4.80. The monoisotopic (exact) mass is 389 g/mol. The molecule has 0 aliphatic carbocycles. The Kier molecular flexibility index (Phi) is 4.74. The topological polar surface area (TPSA) is 76.6 Å². The molecule has 1 amide bonds. The van der Waals surface area contributed by atoms with E-state index >= 15 is 0 Å². The predicted octanol–water partition coefficient (Wildman–Crippen LogP) is 2.10. The van der Waals surface area contributed by atoms with Gasteiger partial charge in [0.1, 0.15) is 5.56 Å². The van der Waals surface area contributed by atoms with Crippen LogP contribution >= 0.6 is 11.6 Å². The summed E-state index contributed by atoms with van der Waals surface area (Å²) in [5.74, 6) is -0.271. The summed E-state index contributed by atoms with van der Waals surface area (Å²) < 4.78 is 0. The predicted molar refractivity (Wildman–Crippen MR) is 105 cm³/mol. The number of aromatic nitrogens is 1. The number of H-pyrrole nitrogens is 1. The zero-order valence-electron chi connectivity index (χ0n) is 15.4. The summed E-state index contributed by atoms with van der Waals surface area (Å²) >= 11 is 5.98. The van der Waals surface area contributed by atoms with Crippen molar-refractivity contribution in [1.82, 2.24) is 14.8 Å². The van der Waals surface area contributed by atoms with Gasteiger partial charge in [-0.3, -0.25) is 9.59 Å². The molecule has 1 aromatic carbocycles. The van der Waals surface area contributed by atoms with Crippen molar-refractivity contribution in [3.63, 3.8) is 0 Å². The molecule has 0 unspecified atom stereocenters. The number of fused-ring (bicyclic) bond motifs is 1. The Morgan fingerprint density at radius 1 is 1.33 bits per heavy atom. The molecule has 1 aromatic heterocycles. The van der Waals surface area contributed by atoms with E-state index in [1.807, 2.05) is 7.05 Å². The average molecular weight is 390 g/mol. The molecule has 4 rings (SSSR count). The van der Waals surface area contributed by atoms with Crippen molar-refractivity contribution in [3.05, 3.63) is 45.2 Å². The first kappa shape index (κ1) is 18.5. The summed E-state index contributed by atoms with van der Waals surface area (Å²) in [6.07, 6.45) is 3.51. The molecule has 2 aliphatic rings. The van der Waals surface area contributed by atoms with Crippen molar-refractivity contribution in [1.29, 1.82) is 0 Å². The van der Waals surface area contributed by atoms with Crippen molar-refractivity contribution < 1.29 is 9.90 Å². The molecule has 2 N–H and O–H groups in total. The minimum Gasteiger partial charge on any atom is -0.392 e. The number of carbonyl (C=O) groups excluding carboxylic acids is 1. The second-order valence-corrected chi connectivity index (χ2v) is 8.39. The van der Waals surface area contributed by atoms with E-state index in [1.54, 1.807) is 23.1 Å². The smallest absolute Gasteiger partial charge is 0.259 e. The van der Waals surface area contributed by atoms with Gasteiger partial charge in [0.05, 0.1) is 11.6 Å². The highest BCUT2D eigenvalue weighted by molar-refractivity contribution is 6.31. The number of aromatic amines is 1. The van der Waals surface area contributed by atoms with Crippen LogP contribution in [-0.2, 0) is 0 Å². The third-order valence-corrected chi connectivity index (χ3v) is 6.28. The molecule has 3 heterocycles. The molecular weight excluding hydrogens is 366 g/mol. The fourth-order valence-electron chi connectivity index (χ4n) is 4.63. The molecule has 2 aromatic rings. The maximum absolute atomic E-state index is 13.1. The van der Waals surface area contributed by atoms with Gasteiger partial charge in [0.2, 0.25) is 5.43 Å². The van der Waals surface area contributed by atoms with Crippen LogP contribution in [0.15, 0.2) is 29.2 Å². The lowest BCUT2D eigenvalue weighted by Gasteiger charge is -2.50. The molecule has 2 fully saturated rings. The van der Waals surface area contributed by atoms with E-state index in [2.05, 4.69) is 9.88 Å². The number of hydrogen-bond acceptors (Lipinski definition) is 4. The van der Waals surface area contributed by atoms with Crippen LogP contribution in [0.4, 0.5) is 0 Å². The van der Waals surface area contributed by atoms with Gasteiger partial charge in [0.25, 0.3) is 5.91 Å². The SMILES string of the molecule is CN1CC[C@H](O)[C@@]2(CCCN(C(=O)c3c[nH]c4cc(Cl)ccc4c3=O)C2)C1. The highest BCUT2D eigenvalue weighted by Gasteiger charge is 2.45. The molecule has 0 bridgehead atoms. The molecule has 144 valence electrons. The van der Waals surface area contributed by atoms with Gasteiger partial charge in [-0.05, 0) is 44.5 Å². The first-order valence-corrected chi connectivity index (χ1v) is 9.74. The van der Waals surface area contributed by atoms with E-state index in [1.165, 1.54) is 6.20 Å². The van der Waals surface area contributed by atoms with Gasteiger partial charge in [0.15, 0.2) is 0 Å². The number of benzene rings is 1. The zero-order chi connectivity index (χ0) is 19.2. The Bertz CT molecular complexity index is 944. The van der Waals surface area contributed by atoms with Crippen LogP contribution in [0.25, 0.3) is 10.9 Å². The molecule has 6 nitrogen and oxygen atoms in total. The van der Waals surface area contributed by atoms with E-state index in [-0.39, 0.29) is 22.3 Å². The van der Waals surface area contributed by atoms with E-state index < -0.39 is 6.10 Å².